The first-order valence-electron chi connectivity index (χ1n) is 10.7. The maximum Gasteiger partial charge on any atom is 0.131 e. The van der Waals surface area contributed by atoms with Gasteiger partial charge in [0.1, 0.15) is 5.82 Å². The van der Waals surface area contributed by atoms with E-state index in [1.54, 1.807) is 6.07 Å². The van der Waals surface area contributed by atoms with E-state index in [1.807, 2.05) is 31.2 Å². The van der Waals surface area contributed by atoms with Crippen molar-refractivity contribution in [2.75, 3.05) is 13.2 Å². The first-order valence-corrected chi connectivity index (χ1v) is 10.7. The van der Waals surface area contributed by atoms with Crippen molar-refractivity contribution in [1.82, 2.24) is 0 Å². The highest BCUT2D eigenvalue weighted by Crippen LogP contribution is 2.28. The Labute approximate surface area is 179 Å². The van der Waals surface area contributed by atoms with E-state index in [1.165, 1.54) is 11.1 Å². The van der Waals surface area contributed by atoms with Gasteiger partial charge in [-0.25, -0.2) is 4.39 Å². The number of hydrogen-bond donors (Lipinski definition) is 2. The molecule has 3 aromatic rings. The van der Waals surface area contributed by atoms with Crippen molar-refractivity contribution in [1.29, 1.82) is 0 Å². The summed E-state index contributed by atoms with van der Waals surface area (Å²) in [4.78, 5) is 0. The molecule has 0 spiro atoms. The van der Waals surface area contributed by atoms with Crippen molar-refractivity contribution in [2.45, 2.75) is 39.5 Å². The quantitative estimate of drug-likeness (QED) is 0.498. The molecule has 0 amide bonds. The Morgan fingerprint density at radius 1 is 0.700 bits per heavy atom. The second-order valence-corrected chi connectivity index (χ2v) is 8.22. The molecule has 0 unspecified atom stereocenters. The van der Waals surface area contributed by atoms with Crippen LogP contribution in [-0.2, 0) is 19.3 Å². The van der Waals surface area contributed by atoms with Gasteiger partial charge in [-0.2, -0.15) is 0 Å². The lowest BCUT2D eigenvalue weighted by molar-refractivity contribution is 0.144. The summed E-state index contributed by atoms with van der Waals surface area (Å²) in [5.74, 6) is -0.275. The van der Waals surface area contributed by atoms with Gasteiger partial charge in [-0.05, 0) is 73.4 Å². The molecule has 0 aromatic heterocycles. The average molecular weight is 407 g/mol. The fourth-order valence-electron chi connectivity index (χ4n) is 3.77. The molecule has 3 aromatic carbocycles. The first-order chi connectivity index (χ1) is 14.5. The van der Waals surface area contributed by atoms with Crippen LogP contribution in [-0.4, -0.2) is 23.4 Å². The smallest absolute Gasteiger partial charge is 0.131 e. The van der Waals surface area contributed by atoms with Crippen molar-refractivity contribution >= 4 is 0 Å². The molecule has 0 bridgehead atoms. The Balaban J connectivity index is 1.68. The van der Waals surface area contributed by atoms with E-state index in [4.69, 9.17) is 0 Å². The van der Waals surface area contributed by atoms with E-state index in [9.17, 15) is 14.6 Å². The average Bonchev–Trinajstić information content (AvgIpc) is 2.75. The van der Waals surface area contributed by atoms with Gasteiger partial charge < -0.3 is 10.2 Å². The maximum atomic E-state index is 14.9. The van der Waals surface area contributed by atoms with E-state index in [2.05, 4.69) is 37.3 Å². The third-order valence-electron chi connectivity index (χ3n) is 5.80. The summed E-state index contributed by atoms with van der Waals surface area (Å²) in [5.41, 5.74) is 7.22. The lowest BCUT2D eigenvalue weighted by Gasteiger charge is -2.13. The number of benzene rings is 3. The predicted molar refractivity (Wildman–Crippen MR) is 121 cm³/mol. The molecule has 0 atom stereocenters. The molecule has 0 aliphatic heterocycles. The second-order valence-electron chi connectivity index (χ2n) is 8.22. The van der Waals surface area contributed by atoms with Gasteiger partial charge in [0.25, 0.3) is 0 Å². The molecular weight excluding hydrogens is 375 g/mol. The SMILES string of the molecule is Cc1ccc(CCc2ccc(-c3ccc(CCC(CO)CO)cc3C)c(F)c2)cc1. The zero-order chi connectivity index (χ0) is 21.5. The zero-order valence-corrected chi connectivity index (χ0v) is 17.9. The van der Waals surface area contributed by atoms with Crippen LogP contribution in [0.1, 0.15) is 34.2 Å². The number of aliphatic hydroxyl groups is 2. The molecule has 3 heteroatoms. The normalized spacial score (nSPS) is 11.3. The van der Waals surface area contributed by atoms with E-state index in [0.29, 0.717) is 5.56 Å². The molecule has 0 radical (unpaired) electrons. The van der Waals surface area contributed by atoms with E-state index in [-0.39, 0.29) is 24.9 Å². The summed E-state index contributed by atoms with van der Waals surface area (Å²) >= 11 is 0. The van der Waals surface area contributed by atoms with Crippen LogP contribution in [0.25, 0.3) is 11.1 Å². The summed E-state index contributed by atoms with van der Waals surface area (Å²) in [6.07, 6.45) is 3.23. The van der Waals surface area contributed by atoms with Gasteiger partial charge in [0.2, 0.25) is 0 Å². The van der Waals surface area contributed by atoms with Gasteiger partial charge in [-0.1, -0.05) is 60.2 Å². The van der Waals surface area contributed by atoms with Gasteiger partial charge in [0.15, 0.2) is 0 Å². The Morgan fingerprint density at radius 2 is 1.27 bits per heavy atom. The maximum absolute atomic E-state index is 14.9. The molecule has 30 heavy (non-hydrogen) atoms. The Kier molecular flexibility index (Phi) is 7.78. The molecule has 2 nitrogen and oxygen atoms in total. The van der Waals surface area contributed by atoms with Crippen LogP contribution in [0.15, 0.2) is 60.7 Å². The second kappa shape index (κ2) is 10.5. The minimum atomic E-state index is -0.187. The van der Waals surface area contributed by atoms with Crippen molar-refractivity contribution in [3.63, 3.8) is 0 Å². The summed E-state index contributed by atoms with van der Waals surface area (Å²) < 4.78 is 14.9. The number of rotatable bonds is 9. The van der Waals surface area contributed by atoms with Gasteiger partial charge in [-0.3, -0.25) is 0 Å². The Morgan fingerprint density at radius 3 is 1.87 bits per heavy atom. The first kappa shape index (κ1) is 22.2. The monoisotopic (exact) mass is 406 g/mol. The van der Waals surface area contributed by atoms with Crippen LogP contribution in [0, 0.1) is 25.6 Å². The third kappa shape index (κ3) is 5.78. The van der Waals surface area contributed by atoms with Crippen LogP contribution >= 0.6 is 0 Å². The minimum absolute atomic E-state index is 0.00492. The van der Waals surface area contributed by atoms with Crippen molar-refractivity contribution < 1.29 is 14.6 Å². The van der Waals surface area contributed by atoms with E-state index in [0.717, 1.165) is 47.9 Å². The van der Waals surface area contributed by atoms with E-state index < -0.39 is 0 Å². The Hall–Kier alpha value is -2.49. The molecule has 3 rings (SSSR count). The third-order valence-corrected chi connectivity index (χ3v) is 5.80. The minimum Gasteiger partial charge on any atom is -0.396 e. The lowest BCUT2D eigenvalue weighted by Crippen LogP contribution is -2.11. The standard InChI is InChI=1S/C27H31FO2/c1-19-3-5-21(6-4-19)7-8-23-12-14-26(27(28)16-23)25-13-11-22(15-20(25)2)9-10-24(17-29)18-30/h3-6,11-16,24,29-30H,7-10,17-18H2,1-2H3. The van der Waals surface area contributed by atoms with Crippen molar-refractivity contribution in [2.24, 2.45) is 5.92 Å². The fourth-order valence-corrected chi connectivity index (χ4v) is 3.77. The molecule has 0 saturated heterocycles. The summed E-state index contributed by atoms with van der Waals surface area (Å²) in [5, 5.41) is 18.4. The largest absolute Gasteiger partial charge is 0.396 e. The van der Waals surface area contributed by atoms with Crippen LogP contribution < -0.4 is 0 Å². The molecule has 0 aliphatic carbocycles. The number of halogens is 1. The lowest BCUT2D eigenvalue weighted by atomic mass is 9.93. The van der Waals surface area contributed by atoms with Crippen molar-refractivity contribution in [3.8, 4) is 11.1 Å². The predicted octanol–water partition coefficient (Wildman–Crippen LogP) is 5.43. The van der Waals surface area contributed by atoms with Crippen LogP contribution in [0.4, 0.5) is 4.39 Å². The summed E-state index contributed by atoms with van der Waals surface area (Å²) in [7, 11) is 0. The molecule has 0 aliphatic rings. The molecular formula is C27H31FO2. The van der Waals surface area contributed by atoms with Gasteiger partial charge in [-0.15, -0.1) is 0 Å². The highest BCUT2D eigenvalue weighted by Gasteiger charge is 2.11. The van der Waals surface area contributed by atoms with Gasteiger partial charge in [0, 0.05) is 24.7 Å². The van der Waals surface area contributed by atoms with E-state index >= 15 is 0 Å². The van der Waals surface area contributed by atoms with Gasteiger partial charge in [0.05, 0.1) is 0 Å². The highest BCUT2D eigenvalue weighted by atomic mass is 19.1. The highest BCUT2D eigenvalue weighted by molar-refractivity contribution is 5.68. The number of aryl methyl sites for hydroxylation is 5. The topological polar surface area (TPSA) is 40.5 Å². The molecule has 0 heterocycles. The molecule has 0 fully saturated rings. The summed E-state index contributed by atoms with van der Waals surface area (Å²) in [6, 6.07) is 20.1. The van der Waals surface area contributed by atoms with Crippen LogP contribution in [0.3, 0.4) is 0 Å². The van der Waals surface area contributed by atoms with Crippen molar-refractivity contribution in [3.05, 3.63) is 94.3 Å². The molecule has 158 valence electrons. The van der Waals surface area contributed by atoms with Gasteiger partial charge >= 0.3 is 0 Å². The number of hydrogen-bond acceptors (Lipinski definition) is 2. The zero-order valence-electron chi connectivity index (χ0n) is 17.9. The van der Waals surface area contributed by atoms with Crippen LogP contribution in [0.2, 0.25) is 0 Å². The van der Waals surface area contributed by atoms with Crippen LogP contribution in [0.5, 0.6) is 0 Å². The Bertz CT molecular complexity index is 959. The number of aliphatic hydroxyl groups excluding tert-OH is 2. The molecule has 2 N–H and O–H groups in total. The fraction of sp³-hybridized carbons (Fsp3) is 0.333. The molecule has 0 saturated carbocycles. The summed E-state index contributed by atoms with van der Waals surface area (Å²) in [6.45, 7) is 4.07.